The highest BCUT2D eigenvalue weighted by atomic mass is 16.6. The van der Waals surface area contributed by atoms with Crippen LogP contribution < -0.4 is 15.0 Å². The molecule has 8 heteroatoms. The van der Waals surface area contributed by atoms with Crippen LogP contribution in [0.4, 0.5) is 15.3 Å². The molecule has 3 aliphatic rings. The topological polar surface area (TPSA) is 83.5 Å². The fourth-order valence-corrected chi connectivity index (χ4v) is 4.19. The number of rotatable bonds is 5. The van der Waals surface area contributed by atoms with Crippen LogP contribution in [-0.4, -0.2) is 60.7 Å². The minimum atomic E-state index is -0.532. The van der Waals surface area contributed by atoms with Crippen molar-refractivity contribution < 1.29 is 19.1 Å². The molecule has 1 N–H and O–H groups in total. The quantitative estimate of drug-likeness (QED) is 0.737. The maximum absolute atomic E-state index is 12.7. The van der Waals surface area contributed by atoms with E-state index in [4.69, 9.17) is 9.47 Å². The highest BCUT2D eigenvalue weighted by Crippen LogP contribution is 2.39. The third-order valence-electron chi connectivity index (χ3n) is 5.94. The summed E-state index contributed by atoms with van der Waals surface area (Å²) in [5, 5.41) is 3.07. The van der Waals surface area contributed by atoms with E-state index < -0.39 is 5.60 Å². The number of carbonyl (C=O) groups is 2. The van der Waals surface area contributed by atoms with E-state index in [1.165, 1.54) is 0 Å². The summed E-state index contributed by atoms with van der Waals surface area (Å²) in [6.45, 7) is 9.33. The first-order valence-corrected chi connectivity index (χ1v) is 11.6. The number of nitrogens with zero attached hydrogens (tertiary/aromatic N) is 3. The van der Waals surface area contributed by atoms with Crippen LogP contribution in [0.3, 0.4) is 0 Å². The number of aliphatic imine (C=N–C) groups is 1. The molecule has 4 rings (SSSR count). The van der Waals surface area contributed by atoms with Crippen LogP contribution in [0, 0.1) is 0 Å². The smallest absolute Gasteiger partial charge is 0.415 e. The SMILES string of the molecule is CCN(C(=O)NC1CC1)c1ccc2c(c1)C(CC1CN(C(=O)OC(C)(C)C)C=N1)CCO2. The second kappa shape index (κ2) is 9.00. The van der Waals surface area contributed by atoms with Gasteiger partial charge in [0.2, 0.25) is 0 Å². The van der Waals surface area contributed by atoms with Crippen molar-refractivity contribution >= 4 is 24.2 Å². The lowest BCUT2D eigenvalue weighted by atomic mass is 9.87. The van der Waals surface area contributed by atoms with Gasteiger partial charge in [0.15, 0.2) is 0 Å². The van der Waals surface area contributed by atoms with Gasteiger partial charge in [-0.1, -0.05) is 0 Å². The molecule has 2 aliphatic heterocycles. The zero-order chi connectivity index (χ0) is 22.9. The van der Waals surface area contributed by atoms with E-state index in [2.05, 4.69) is 16.4 Å². The molecule has 2 heterocycles. The van der Waals surface area contributed by atoms with Gasteiger partial charge in [0, 0.05) is 18.3 Å². The Bertz CT molecular complexity index is 890. The number of hydrogen-bond acceptors (Lipinski definition) is 5. The predicted octanol–water partition coefficient (Wildman–Crippen LogP) is 4.29. The monoisotopic (exact) mass is 442 g/mol. The van der Waals surface area contributed by atoms with Gasteiger partial charge in [-0.05, 0) is 83.1 Å². The molecule has 0 saturated heterocycles. The number of benzene rings is 1. The van der Waals surface area contributed by atoms with E-state index in [1.54, 1.807) is 16.1 Å². The predicted molar refractivity (Wildman–Crippen MR) is 124 cm³/mol. The molecule has 3 amide bonds. The van der Waals surface area contributed by atoms with Gasteiger partial charge in [0.25, 0.3) is 0 Å². The normalized spacial score (nSPS) is 22.2. The maximum Gasteiger partial charge on any atom is 0.415 e. The van der Waals surface area contributed by atoms with Crippen molar-refractivity contribution in [2.24, 2.45) is 4.99 Å². The minimum absolute atomic E-state index is 0.0163. The van der Waals surface area contributed by atoms with Crippen LogP contribution in [0.1, 0.15) is 64.9 Å². The van der Waals surface area contributed by atoms with Gasteiger partial charge in [-0.3, -0.25) is 14.8 Å². The van der Waals surface area contributed by atoms with Crippen LogP contribution >= 0.6 is 0 Å². The number of fused-ring (bicyclic) bond motifs is 1. The highest BCUT2D eigenvalue weighted by molar-refractivity contribution is 5.92. The number of ether oxygens (including phenoxy) is 2. The molecule has 2 unspecified atom stereocenters. The average Bonchev–Trinajstić information content (AvgIpc) is 3.41. The molecule has 1 aliphatic carbocycles. The number of amides is 3. The number of urea groups is 1. The molecule has 0 radical (unpaired) electrons. The molecule has 1 aromatic carbocycles. The molecular formula is C24H34N4O4. The summed E-state index contributed by atoms with van der Waals surface area (Å²) in [7, 11) is 0. The van der Waals surface area contributed by atoms with Crippen molar-refractivity contribution in [1.82, 2.24) is 10.2 Å². The van der Waals surface area contributed by atoms with Gasteiger partial charge >= 0.3 is 12.1 Å². The van der Waals surface area contributed by atoms with Crippen molar-refractivity contribution in [2.45, 2.75) is 77.0 Å². The molecule has 32 heavy (non-hydrogen) atoms. The number of hydrogen-bond donors (Lipinski definition) is 1. The second-order valence-corrected chi connectivity index (χ2v) is 9.81. The van der Waals surface area contributed by atoms with Crippen LogP contribution in [-0.2, 0) is 4.74 Å². The Kier molecular flexibility index (Phi) is 6.31. The van der Waals surface area contributed by atoms with E-state index in [0.717, 1.165) is 42.7 Å². The van der Waals surface area contributed by atoms with Crippen molar-refractivity contribution in [3.05, 3.63) is 23.8 Å². The van der Waals surface area contributed by atoms with E-state index in [-0.39, 0.29) is 24.1 Å². The summed E-state index contributed by atoms with van der Waals surface area (Å²) in [5.74, 6) is 1.12. The fraction of sp³-hybridized carbons (Fsp3) is 0.625. The zero-order valence-electron chi connectivity index (χ0n) is 19.5. The van der Waals surface area contributed by atoms with Crippen molar-refractivity contribution in [3.8, 4) is 5.75 Å². The summed E-state index contributed by atoms with van der Waals surface area (Å²) in [6.07, 6.45) is 5.05. The molecule has 1 saturated carbocycles. The standard InChI is InChI=1S/C24H34N4O4/c1-5-28(22(29)26-17-6-7-17)19-8-9-21-20(13-19)16(10-11-31-21)12-18-14-27(15-25-18)23(30)32-24(2,3)4/h8-9,13,15-18H,5-7,10-12,14H2,1-4H3,(H,26,29). The summed E-state index contributed by atoms with van der Waals surface area (Å²) in [6, 6.07) is 6.29. The average molecular weight is 443 g/mol. The van der Waals surface area contributed by atoms with Gasteiger partial charge in [0.05, 0.1) is 25.5 Å². The van der Waals surface area contributed by atoms with Gasteiger partial charge in [0.1, 0.15) is 11.4 Å². The van der Waals surface area contributed by atoms with Crippen LogP contribution in [0.25, 0.3) is 0 Å². The number of nitrogens with one attached hydrogen (secondary N) is 1. The highest BCUT2D eigenvalue weighted by Gasteiger charge is 2.32. The van der Waals surface area contributed by atoms with E-state index in [0.29, 0.717) is 25.7 Å². The third-order valence-corrected chi connectivity index (χ3v) is 5.94. The molecular weight excluding hydrogens is 408 g/mol. The zero-order valence-corrected chi connectivity index (χ0v) is 19.5. The lowest BCUT2D eigenvalue weighted by Gasteiger charge is -2.30. The Morgan fingerprint density at radius 1 is 1.28 bits per heavy atom. The van der Waals surface area contributed by atoms with Gasteiger partial charge in [-0.25, -0.2) is 9.59 Å². The first kappa shape index (κ1) is 22.4. The van der Waals surface area contributed by atoms with Crippen LogP contribution in [0.15, 0.2) is 23.2 Å². The van der Waals surface area contributed by atoms with E-state index in [1.807, 2.05) is 39.8 Å². The van der Waals surface area contributed by atoms with Crippen LogP contribution in [0.5, 0.6) is 5.75 Å². The van der Waals surface area contributed by atoms with Gasteiger partial charge in [-0.15, -0.1) is 0 Å². The summed E-state index contributed by atoms with van der Waals surface area (Å²) in [5.41, 5.74) is 1.46. The second-order valence-electron chi connectivity index (χ2n) is 9.81. The molecule has 0 spiro atoms. The molecule has 0 bridgehead atoms. The van der Waals surface area contributed by atoms with Gasteiger partial charge < -0.3 is 14.8 Å². The molecule has 1 aromatic rings. The molecule has 1 fully saturated rings. The summed E-state index contributed by atoms with van der Waals surface area (Å²) >= 11 is 0. The summed E-state index contributed by atoms with van der Waals surface area (Å²) < 4.78 is 11.4. The summed E-state index contributed by atoms with van der Waals surface area (Å²) in [4.78, 5) is 32.9. The Morgan fingerprint density at radius 2 is 2.06 bits per heavy atom. The minimum Gasteiger partial charge on any atom is -0.493 e. The third kappa shape index (κ3) is 5.34. The van der Waals surface area contributed by atoms with Crippen molar-refractivity contribution in [3.63, 3.8) is 0 Å². The van der Waals surface area contributed by atoms with Crippen molar-refractivity contribution in [1.29, 1.82) is 0 Å². The lowest BCUT2D eigenvalue weighted by Crippen LogP contribution is -2.41. The largest absolute Gasteiger partial charge is 0.493 e. The Balaban J connectivity index is 1.44. The maximum atomic E-state index is 12.7. The molecule has 174 valence electrons. The lowest BCUT2D eigenvalue weighted by molar-refractivity contribution is 0.0381. The van der Waals surface area contributed by atoms with Gasteiger partial charge in [-0.2, -0.15) is 0 Å². The number of carbonyl (C=O) groups excluding carboxylic acids is 2. The Morgan fingerprint density at radius 3 is 2.75 bits per heavy atom. The Labute approximate surface area is 189 Å². The molecule has 2 atom stereocenters. The Hall–Kier alpha value is -2.77. The van der Waals surface area contributed by atoms with Crippen molar-refractivity contribution in [2.75, 3.05) is 24.6 Å². The van der Waals surface area contributed by atoms with E-state index in [9.17, 15) is 9.59 Å². The molecule has 8 nitrogen and oxygen atoms in total. The first-order valence-electron chi connectivity index (χ1n) is 11.6. The van der Waals surface area contributed by atoms with Crippen LogP contribution in [0.2, 0.25) is 0 Å². The van der Waals surface area contributed by atoms with E-state index >= 15 is 0 Å². The fourth-order valence-electron chi connectivity index (χ4n) is 4.19. The first-order chi connectivity index (χ1) is 15.2. The molecule has 0 aromatic heterocycles. The number of anilines is 1.